The quantitative estimate of drug-likeness (QED) is 0.353. The third-order valence-corrected chi connectivity index (χ3v) is 1.59. The van der Waals surface area contributed by atoms with E-state index in [1.807, 2.05) is 0 Å². The van der Waals surface area contributed by atoms with E-state index in [9.17, 15) is 13.2 Å². The van der Waals surface area contributed by atoms with Gasteiger partial charge in [0.2, 0.25) is 0 Å². The maximum atomic E-state index is 10.9. The molecule has 0 rings (SSSR count). The highest BCUT2D eigenvalue weighted by Crippen LogP contribution is 1.99. The second kappa shape index (κ2) is 4.84. The number of hydrogen-bond acceptors (Lipinski definition) is 5. The van der Waals surface area contributed by atoms with Crippen molar-refractivity contribution in [2.75, 3.05) is 12.9 Å². The summed E-state index contributed by atoms with van der Waals surface area (Å²) in [7, 11) is -3.65. The highest BCUT2D eigenvalue weighted by atomic mass is 32.2. The van der Waals surface area contributed by atoms with Gasteiger partial charge in [-0.3, -0.25) is 4.18 Å². The smallest absolute Gasteiger partial charge is 0.337 e. The summed E-state index contributed by atoms with van der Waals surface area (Å²) >= 11 is 0. The molecule has 0 saturated carbocycles. The van der Waals surface area contributed by atoms with Crippen molar-refractivity contribution >= 4 is 16.1 Å². The Morgan fingerprint density at radius 3 is 2.54 bits per heavy atom. The van der Waals surface area contributed by atoms with Crippen molar-refractivity contribution in [2.45, 2.75) is 13.0 Å². The standard InChI is InChI=1S/C7H10O5S/c1-4-5-11-7(8)6(2)12-13(3,9)10/h1,6H,5H2,2-3H3/t6-/m1/s1. The van der Waals surface area contributed by atoms with Gasteiger partial charge in [-0.05, 0) is 6.92 Å². The SMILES string of the molecule is C#CCOC(=O)[C@@H](C)OS(C)(=O)=O. The molecule has 0 aromatic rings. The first-order chi connectivity index (χ1) is 5.87. The molecule has 0 aliphatic rings. The molecular weight excluding hydrogens is 196 g/mol. The molecule has 0 saturated heterocycles. The van der Waals surface area contributed by atoms with Crippen LogP contribution in [0.1, 0.15) is 6.92 Å². The van der Waals surface area contributed by atoms with Crippen molar-refractivity contribution in [2.24, 2.45) is 0 Å². The molecule has 0 amide bonds. The summed E-state index contributed by atoms with van der Waals surface area (Å²) in [5.41, 5.74) is 0. The minimum absolute atomic E-state index is 0.198. The van der Waals surface area contributed by atoms with Gasteiger partial charge in [-0.25, -0.2) is 4.79 Å². The summed E-state index contributed by atoms with van der Waals surface area (Å²) in [6.45, 7) is 1.07. The topological polar surface area (TPSA) is 69.7 Å². The van der Waals surface area contributed by atoms with Crippen LogP contribution in [0.5, 0.6) is 0 Å². The van der Waals surface area contributed by atoms with Crippen LogP contribution in [-0.2, 0) is 23.8 Å². The molecule has 0 aromatic heterocycles. The zero-order valence-corrected chi connectivity index (χ0v) is 8.13. The fraction of sp³-hybridized carbons (Fsp3) is 0.571. The molecule has 5 nitrogen and oxygen atoms in total. The second-order valence-corrected chi connectivity index (χ2v) is 3.86. The Hall–Kier alpha value is -1.06. The molecule has 0 radical (unpaired) electrons. The van der Waals surface area contributed by atoms with Crippen LogP contribution in [0.4, 0.5) is 0 Å². The molecule has 74 valence electrons. The maximum absolute atomic E-state index is 10.9. The van der Waals surface area contributed by atoms with Crippen LogP contribution in [0, 0.1) is 12.3 Å². The number of ether oxygens (including phenoxy) is 1. The third-order valence-electron chi connectivity index (χ3n) is 0.949. The average Bonchev–Trinajstić information content (AvgIpc) is 1.96. The van der Waals surface area contributed by atoms with Gasteiger partial charge in [0.25, 0.3) is 10.1 Å². The molecule has 0 aliphatic carbocycles. The van der Waals surface area contributed by atoms with E-state index < -0.39 is 22.2 Å². The molecule has 0 heterocycles. The lowest BCUT2D eigenvalue weighted by Crippen LogP contribution is -2.25. The van der Waals surface area contributed by atoms with Gasteiger partial charge >= 0.3 is 5.97 Å². The molecule has 0 spiro atoms. The predicted molar refractivity (Wildman–Crippen MR) is 45.2 cm³/mol. The Bertz CT molecular complexity index is 310. The van der Waals surface area contributed by atoms with E-state index in [1.54, 1.807) is 0 Å². The highest BCUT2D eigenvalue weighted by Gasteiger charge is 2.19. The van der Waals surface area contributed by atoms with Crippen LogP contribution in [-0.4, -0.2) is 33.4 Å². The predicted octanol–water partition coefficient (Wildman–Crippen LogP) is -0.472. The summed E-state index contributed by atoms with van der Waals surface area (Å²) in [5, 5.41) is 0. The Morgan fingerprint density at radius 2 is 2.15 bits per heavy atom. The number of rotatable bonds is 4. The van der Waals surface area contributed by atoms with Gasteiger partial charge in [-0.2, -0.15) is 8.42 Å². The van der Waals surface area contributed by atoms with E-state index in [1.165, 1.54) is 6.92 Å². The van der Waals surface area contributed by atoms with Crippen molar-refractivity contribution in [3.63, 3.8) is 0 Å². The van der Waals surface area contributed by atoms with Gasteiger partial charge < -0.3 is 4.74 Å². The first-order valence-corrected chi connectivity index (χ1v) is 5.17. The number of esters is 1. The van der Waals surface area contributed by atoms with Gasteiger partial charge in [0, 0.05) is 0 Å². The van der Waals surface area contributed by atoms with Gasteiger partial charge in [0.1, 0.15) is 0 Å². The monoisotopic (exact) mass is 206 g/mol. The normalized spacial score (nSPS) is 13.0. The molecule has 0 aliphatic heterocycles. The minimum atomic E-state index is -3.65. The van der Waals surface area contributed by atoms with Gasteiger partial charge in [-0.1, -0.05) is 5.92 Å². The van der Waals surface area contributed by atoms with Crippen molar-refractivity contribution in [1.29, 1.82) is 0 Å². The first kappa shape index (κ1) is 11.9. The van der Waals surface area contributed by atoms with Crippen molar-refractivity contribution in [1.82, 2.24) is 0 Å². The zero-order valence-electron chi connectivity index (χ0n) is 7.31. The van der Waals surface area contributed by atoms with Crippen LogP contribution in [0.15, 0.2) is 0 Å². The zero-order chi connectivity index (χ0) is 10.5. The summed E-state index contributed by atoms with van der Waals surface area (Å²) in [6.07, 6.45) is 4.50. The fourth-order valence-corrected chi connectivity index (χ4v) is 1.13. The van der Waals surface area contributed by atoms with Gasteiger partial charge in [0.15, 0.2) is 12.7 Å². The number of hydrogen-bond donors (Lipinski definition) is 0. The number of carbonyl (C=O) groups excluding carboxylic acids is 1. The van der Waals surface area contributed by atoms with E-state index in [4.69, 9.17) is 6.42 Å². The summed E-state index contributed by atoms with van der Waals surface area (Å²) in [4.78, 5) is 10.9. The molecule has 0 bridgehead atoms. The molecule has 6 heteroatoms. The van der Waals surface area contributed by atoms with Crippen molar-refractivity contribution in [3.05, 3.63) is 0 Å². The van der Waals surface area contributed by atoms with Crippen LogP contribution in [0.25, 0.3) is 0 Å². The molecule has 13 heavy (non-hydrogen) atoms. The van der Waals surface area contributed by atoms with Crippen LogP contribution in [0.2, 0.25) is 0 Å². The van der Waals surface area contributed by atoms with Crippen LogP contribution in [0.3, 0.4) is 0 Å². The third kappa shape index (κ3) is 6.13. The Kier molecular flexibility index (Phi) is 4.45. The Balaban J connectivity index is 4.06. The molecule has 0 aromatic carbocycles. The molecule has 0 fully saturated rings. The van der Waals surface area contributed by atoms with E-state index in [2.05, 4.69) is 14.8 Å². The molecule has 0 unspecified atom stereocenters. The summed E-state index contributed by atoms with van der Waals surface area (Å²) < 4.78 is 29.9. The Labute approximate surface area is 77.2 Å². The number of carbonyl (C=O) groups is 1. The fourth-order valence-electron chi connectivity index (χ4n) is 0.532. The van der Waals surface area contributed by atoms with E-state index in [0.29, 0.717) is 0 Å². The molecular formula is C7H10O5S. The lowest BCUT2D eigenvalue weighted by molar-refractivity contribution is -0.149. The van der Waals surface area contributed by atoms with Crippen molar-refractivity contribution < 1.29 is 22.1 Å². The van der Waals surface area contributed by atoms with Crippen LogP contribution < -0.4 is 0 Å². The van der Waals surface area contributed by atoms with Crippen LogP contribution >= 0.6 is 0 Å². The summed E-state index contributed by atoms with van der Waals surface area (Å²) in [5.74, 6) is 1.27. The van der Waals surface area contributed by atoms with E-state index in [-0.39, 0.29) is 6.61 Å². The lowest BCUT2D eigenvalue weighted by Gasteiger charge is -2.08. The highest BCUT2D eigenvalue weighted by molar-refractivity contribution is 7.86. The van der Waals surface area contributed by atoms with E-state index >= 15 is 0 Å². The van der Waals surface area contributed by atoms with Gasteiger partial charge in [0.05, 0.1) is 6.26 Å². The molecule has 0 N–H and O–H groups in total. The molecule has 1 atom stereocenters. The average molecular weight is 206 g/mol. The minimum Gasteiger partial charge on any atom is -0.451 e. The maximum Gasteiger partial charge on any atom is 0.337 e. The van der Waals surface area contributed by atoms with Crippen molar-refractivity contribution in [3.8, 4) is 12.3 Å². The van der Waals surface area contributed by atoms with Gasteiger partial charge in [-0.15, -0.1) is 6.42 Å². The Morgan fingerprint density at radius 1 is 1.62 bits per heavy atom. The largest absolute Gasteiger partial charge is 0.451 e. The van der Waals surface area contributed by atoms with E-state index in [0.717, 1.165) is 6.26 Å². The second-order valence-electron chi connectivity index (χ2n) is 2.25. The first-order valence-electron chi connectivity index (χ1n) is 3.35. The summed E-state index contributed by atoms with van der Waals surface area (Å²) in [6, 6.07) is 0. The number of terminal acetylenes is 1. The lowest BCUT2D eigenvalue weighted by atomic mass is 10.4.